The molecule has 9 heteroatoms. The molecule has 1 heterocycles. The number of aromatic nitrogens is 4. The Labute approximate surface area is 117 Å². The summed E-state index contributed by atoms with van der Waals surface area (Å²) in [5.74, 6) is -0.735. The van der Waals surface area contributed by atoms with Crippen LogP contribution in [0.3, 0.4) is 0 Å². The van der Waals surface area contributed by atoms with E-state index in [-0.39, 0.29) is 0 Å². The number of carbonyl (C=O) groups excluding carboxylic acids is 1. The van der Waals surface area contributed by atoms with E-state index in [1.54, 1.807) is 24.3 Å². The highest BCUT2D eigenvalue weighted by atomic mass is 35.6. The summed E-state index contributed by atoms with van der Waals surface area (Å²) >= 11 is 16.4. The minimum atomic E-state index is -2.01. The van der Waals surface area contributed by atoms with Crippen molar-refractivity contribution in [3.63, 3.8) is 0 Å². The largest absolute Gasteiger partial charge is 0.322 e. The van der Waals surface area contributed by atoms with Gasteiger partial charge in [0.2, 0.25) is 0 Å². The van der Waals surface area contributed by atoms with Crippen LogP contribution in [0.25, 0.3) is 5.69 Å². The molecule has 1 aromatic carbocycles. The van der Waals surface area contributed by atoms with Gasteiger partial charge in [0.1, 0.15) is 6.33 Å². The number of tetrazole rings is 1. The van der Waals surface area contributed by atoms with E-state index in [4.69, 9.17) is 34.8 Å². The van der Waals surface area contributed by atoms with Crippen molar-refractivity contribution in [1.29, 1.82) is 0 Å². The van der Waals surface area contributed by atoms with Crippen LogP contribution < -0.4 is 5.32 Å². The Morgan fingerprint density at radius 3 is 2.72 bits per heavy atom. The van der Waals surface area contributed by atoms with Crippen LogP contribution in [-0.2, 0) is 4.79 Å². The molecule has 2 rings (SSSR count). The lowest BCUT2D eigenvalue weighted by atomic mass is 10.3. The van der Waals surface area contributed by atoms with E-state index < -0.39 is 9.70 Å². The fraction of sp³-hybridized carbons (Fsp3) is 0.111. The van der Waals surface area contributed by atoms with E-state index >= 15 is 0 Å². The SMILES string of the molecule is O=C(Nc1cccc(-n2cnnn2)c1)C(Cl)(Cl)Cl. The number of benzene rings is 1. The molecular weight excluding hydrogens is 300 g/mol. The van der Waals surface area contributed by atoms with Crippen molar-refractivity contribution < 1.29 is 4.79 Å². The van der Waals surface area contributed by atoms with Crippen molar-refractivity contribution in [3.05, 3.63) is 30.6 Å². The first kappa shape index (κ1) is 13.1. The van der Waals surface area contributed by atoms with E-state index in [1.165, 1.54) is 11.0 Å². The molecule has 1 amide bonds. The molecule has 0 aliphatic carbocycles. The number of nitrogens with one attached hydrogen (secondary N) is 1. The predicted octanol–water partition coefficient (Wildman–Crippen LogP) is 1.97. The number of carbonyl (C=O) groups is 1. The summed E-state index contributed by atoms with van der Waals surface area (Å²) < 4.78 is -0.574. The van der Waals surface area contributed by atoms with E-state index in [0.29, 0.717) is 11.4 Å². The molecule has 0 atom stereocenters. The molecule has 94 valence electrons. The summed E-state index contributed by atoms with van der Waals surface area (Å²) in [6, 6.07) is 6.78. The first-order chi connectivity index (χ1) is 8.47. The summed E-state index contributed by atoms with van der Waals surface area (Å²) in [6.07, 6.45) is 1.43. The quantitative estimate of drug-likeness (QED) is 0.861. The first-order valence-corrected chi connectivity index (χ1v) is 5.82. The Bertz CT molecular complexity index is 552. The molecule has 0 aliphatic rings. The Kier molecular flexibility index (Phi) is 3.70. The fourth-order valence-electron chi connectivity index (χ4n) is 1.21. The molecule has 1 N–H and O–H groups in total. The molecule has 0 aliphatic heterocycles. The van der Waals surface area contributed by atoms with Gasteiger partial charge in [-0.1, -0.05) is 40.9 Å². The Balaban J connectivity index is 2.21. The highest BCUT2D eigenvalue weighted by Crippen LogP contribution is 2.27. The third kappa shape index (κ3) is 3.10. The van der Waals surface area contributed by atoms with E-state index in [9.17, 15) is 4.79 Å². The average molecular weight is 307 g/mol. The standard InChI is InChI=1S/C9H6Cl3N5O/c10-9(11,12)8(18)14-6-2-1-3-7(4-6)17-5-13-15-16-17/h1-5H,(H,14,18). The van der Waals surface area contributed by atoms with Crippen molar-refractivity contribution in [3.8, 4) is 5.69 Å². The van der Waals surface area contributed by atoms with Gasteiger partial charge in [0.15, 0.2) is 0 Å². The van der Waals surface area contributed by atoms with E-state index in [0.717, 1.165) is 0 Å². The second-order valence-corrected chi connectivity index (χ2v) is 5.54. The van der Waals surface area contributed by atoms with E-state index in [2.05, 4.69) is 20.8 Å². The van der Waals surface area contributed by atoms with Crippen molar-refractivity contribution >= 4 is 46.4 Å². The van der Waals surface area contributed by atoms with Crippen LogP contribution in [0.2, 0.25) is 0 Å². The van der Waals surface area contributed by atoms with Gasteiger partial charge in [-0.2, -0.15) is 0 Å². The van der Waals surface area contributed by atoms with Gasteiger partial charge in [0.25, 0.3) is 9.70 Å². The number of hydrogen-bond acceptors (Lipinski definition) is 4. The maximum absolute atomic E-state index is 11.5. The summed E-state index contributed by atoms with van der Waals surface area (Å²) in [5.41, 5.74) is 1.14. The molecule has 0 radical (unpaired) electrons. The molecule has 18 heavy (non-hydrogen) atoms. The molecule has 0 bridgehead atoms. The zero-order valence-corrected chi connectivity index (χ0v) is 11.0. The Hall–Kier alpha value is -1.37. The van der Waals surface area contributed by atoms with E-state index in [1.807, 2.05) is 0 Å². The minimum Gasteiger partial charge on any atom is -0.322 e. The topological polar surface area (TPSA) is 72.7 Å². The summed E-state index contributed by atoms with van der Waals surface area (Å²) in [6.45, 7) is 0. The monoisotopic (exact) mass is 305 g/mol. The van der Waals surface area contributed by atoms with Crippen LogP contribution in [-0.4, -0.2) is 29.9 Å². The van der Waals surface area contributed by atoms with Gasteiger partial charge < -0.3 is 5.32 Å². The summed E-state index contributed by atoms with van der Waals surface area (Å²) in [5, 5.41) is 13.2. The number of nitrogens with zero attached hydrogens (tertiary/aromatic N) is 4. The lowest BCUT2D eigenvalue weighted by Gasteiger charge is -2.11. The molecule has 6 nitrogen and oxygen atoms in total. The summed E-state index contributed by atoms with van der Waals surface area (Å²) in [7, 11) is 0. The van der Waals surface area contributed by atoms with Gasteiger partial charge in [-0.05, 0) is 28.6 Å². The molecule has 0 fully saturated rings. The molecular formula is C9H6Cl3N5O. The van der Waals surface area contributed by atoms with Crippen LogP contribution in [0.15, 0.2) is 30.6 Å². The molecule has 0 saturated heterocycles. The average Bonchev–Trinajstić information content (AvgIpc) is 2.81. The third-order valence-electron chi connectivity index (χ3n) is 1.98. The molecule has 0 unspecified atom stereocenters. The predicted molar refractivity (Wildman–Crippen MR) is 68.1 cm³/mol. The zero-order valence-electron chi connectivity index (χ0n) is 8.72. The van der Waals surface area contributed by atoms with Crippen LogP contribution in [0.1, 0.15) is 0 Å². The zero-order chi connectivity index (χ0) is 13.2. The van der Waals surface area contributed by atoms with Crippen molar-refractivity contribution in [2.24, 2.45) is 0 Å². The van der Waals surface area contributed by atoms with Gasteiger partial charge in [-0.15, -0.1) is 5.10 Å². The Morgan fingerprint density at radius 1 is 1.33 bits per heavy atom. The van der Waals surface area contributed by atoms with Crippen molar-refractivity contribution in [2.75, 3.05) is 5.32 Å². The number of hydrogen-bond donors (Lipinski definition) is 1. The van der Waals surface area contributed by atoms with Gasteiger partial charge in [-0.25, -0.2) is 4.68 Å². The van der Waals surface area contributed by atoms with Crippen LogP contribution in [0.5, 0.6) is 0 Å². The number of amides is 1. The second kappa shape index (κ2) is 5.09. The number of halogens is 3. The minimum absolute atomic E-state index is 0.472. The summed E-state index contributed by atoms with van der Waals surface area (Å²) in [4.78, 5) is 11.5. The number of alkyl halides is 3. The maximum Gasteiger partial charge on any atom is 0.276 e. The normalized spacial score (nSPS) is 11.3. The Morgan fingerprint density at radius 2 is 2.11 bits per heavy atom. The molecule has 1 aromatic heterocycles. The highest BCUT2D eigenvalue weighted by Gasteiger charge is 2.30. The van der Waals surface area contributed by atoms with Crippen LogP contribution in [0, 0.1) is 0 Å². The van der Waals surface area contributed by atoms with Gasteiger partial charge in [-0.3, -0.25) is 4.79 Å². The second-order valence-electron chi connectivity index (χ2n) is 3.26. The molecule has 0 saturated carbocycles. The smallest absolute Gasteiger partial charge is 0.276 e. The lowest BCUT2D eigenvalue weighted by molar-refractivity contribution is -0.115. The van der Waals surface area contributed by atoms with Crippen molar-refractivity contribution in [2.45, 2.75) is 3.79 Å². The highest BCUT2D eigenvalue weighted by molar-refractivity contribution is 6.76. The van der Waals surface area contributed by atoms with Crippen molar-refractivity contribution in [1.82, 2.24) is 20.2 Å². The van der Waals surface area contributed by atoms with Crippen LogP contribution >= 0.6 is 34.8 Å². The molecule has 2 aromatic rings. The van der Waals surface area contributed by atoms with Crippen LogP contribution in [0.4, 0.5) is 5.69 Å². The molecule has 0 spiro atoms. The lowest BCUT2D eigenvalue weighted by Crippen LogP contribution is -2.26. The van der Waals surface area contributed by atoms with Gasteiger partial charge in [0.05, 0.1) is 5.69 Å². The van der Waals surface area contributed by atoms with Gasteiger partial charge >= 0.3 is 0 Å². The van der Waals surface area contributed by atoms with Gasteiger partial charge in [0, 0.05) is 5.69 Å². The first-order valence-electron chi connectivity index (χ1n) is 4.68. The number of rotatable bonds is 2. The maximum atomic E-state index is 11.5. The number of anilines is 1. The third-order valence-corrected chi connectivity index (χ3v) is 2.49. The fourth-order valence-corrected chi connectivity index (χ4v) is 1.35.